The normalized spacial score (nSPS) is 11.6. The average Bonchev–Trinajstić information content (AvgIpc) is 3.25. The highest BCUT2D eigenvalue weighted by Crippen LogP contribution is 2.29. The van der Waals surface area contributed by atoms with Crippen LogP contribution >= 0.6 is 11.3 Å². The molecule has 2 N–H and O–H groups in total. The summed E-state index contributed by atoms with van der Waals surface area (Å²) in [7, 11) is 3.15. The molecule has 0 fully saturated rings. The monoisotopic (exact) mass is 440 g/mol. The number of methoxy groups -OCH3 is 2. The van der Waals surface area contributed by atoms with E-state index in [-0.39, 0.29) is 17.7 Å². The highest BCUT2D eigenvalue weighted by molar-refractivity contribution is 7.18. The maximum absolute atomic E-state index is 12.8. The highest BCUT2D eigenvalue weighted by Gasteiger charge is 2.26. The number of rotatable bonds is 8. The smallest absolute Gasteiger partial charge is 0.251 e. The third kappa shape index (κ3) is 5.58. The predicted molar refractivity (Wildman–Crippen MR) is 120 cm³/mol. The molecule has 0 bridgehead atoms. The molecule has 0 aliphatic carbocycles. The number of benzene rings is 2. The summed E-state index contributed by atoms with van der Waals surface area (Å²) in [5.41, 5.74) is 1.28. The van der Waals surface area contributed by atoms with Gasteiger partial charge < -0.3 is 14.8 Å². The standard InChI is InChI=1S/C22H24N4O4S/c1-13(2)18(23-19(27)14-8-10-16(29-3)11-9-14)20(28)24-22-26-25-21(31-22)15-6-5-7-17(12-15)30-4/h5-13,18H,1-4H3,(H,23,27)(H,24,26,28). The average molecular weight is 441 g/mol. The summed E-state index contributed by atoms with van der Waals surface area (Å²) in [4.78, 5) is 25.4. The Morgan fingerprint density at radius 1 is 0.968 bits per heavy atom. The van der Waals surface area contributed by atoms with Crippen LogP contribution in [0.15, 0.2) is 48.5 Å². The van der Waals surface area contributed by atoms with Crippen molar-refractivity contribution in [2.75, 3.05) is 19.5 Å². The molecule has 0 saturated carbocycles. The van der Waals surface area contributed by atoms with Gasteiger partial charge in [-0.15, -0.1) is 10.2 Å². The number of anilines is 1. The van der Waals surface area contributed by atoms with E-state index in [1.165, 1.54) is 11.3 Å². The van der Waals surface area contributed by atoms with E-state index >= 15 is 0 Å². The Kier molecular flexibility index (Phi) is 7.19. The minimum atomic E-state index is -0.737. The predicted octanol–water partition coefficient (Wildman–Crippen LogP) is 3.62. The molecule has 0 radical (unpaired) electrons. The summed E-state index contributed by atoms with van der Waals surface area (Å²) in [5.74, 6) is 0.529. The molecular formula is C22H24N4O4S. The van der Waals surface area contributed by atoms with Gasteiger partial charge in [0.2, 0.25) is 11.0 Å². The van der Waals surface area contributed by atoms with Gasteiger partial charge in [-0.1, -0.05) is 37.3 Å². The van der Waals surface area contributed by atoms with E-state index in [1.807, 2.05) is 38.1 Å². The first-order valence-corrected chi connectivity index (χ1v) is 10.5. The summed E-state index contributed by atoms with van der Waals surface area (Å²) in [5, 5.41) is 14.8. The molecule has 0 spiro atoms. The van der Waals surface area contributed by atoms with Crippen LogP contribution in [-0.2, 0) is 4.79 Å². The van der Waals surface area contributed by atoms with Gasteiger partial charge in [0.25, 0.3) is 5.91 Å². The van der Waals surface area contributed by atoms with Crippen LogP contribution in [0.2, 0.25) is 0 Å². The molecule has 3 aromatic rings. The van der Waals surface area contributed by atoms with E-state index in [4.69, 9.17) is 9.47 Å². The topological polar surface area (TPSA) is 102 Å². The van der Waals surface area contributed by atoms with Gasteiger partial charge in [-0.25, -0.2) is 0 Å². The van der Waals surface area contributed by atoms with Gasteiger partial charge in [-0.3, -0.25) is 14.9 Å². The van der Waals surface area contributed by atoms with Crippen LogP contribution < -0.4 is 20.1 Å². The van der Waals surface area contributed by atoms with E-state index in [0.717, 1.165) is 5.56 Å². The number of hydrogen-bond acceptors (Lipinski definition) is 7. The summed E-state index contributed by atoms with van der Waals surface area (Å²) in [6, 6.07) is 13.4. The Labute approximate surface area is 184 Å². The van der Waals surface area contributed by atoms with Crippen molar-refractivity contribution < 1.29 is 19.1 Å². The molecular weight excluding hydrogens is 416 g/mol. The lowest BCUT2D eigenvalue weighted by Crippen LogP contribution is -2.47. The van der Waals surface area contributed by atoms with Crippen LogP contribution in [0, 0.1) is 5.92 Å². The van der Waals surface area contributed by atoms with Gasteiger partial charge in [0.1, 0.15) is 22.5 Å². The van der Waals surface area contributed by atoms with E-state index < -0.39 is 6.04 Å². The molecule has 1 atom stereocenters. The minimum Gasteiger partial charge on any atom is -0.497 e. The van der Waals surface area contributed by atoms with Crippen molar-refractivity contribution in [3.8, 4) is 22.1 Å². The Bertz CT molecular complexity index is 1050. The zero-order valence-corrected chi connectivity index (χ0v) is 18.5. The highest BCUT2D eigenvalue weighted by atomic mass is 32.1. The number of carbonyl (C=O) groups is 2. The van der Waals surface area contributed by atoms with Crippen LogP contribution in [0.25, 0.3) is 10.6 Å². The zero-order valence-electron chi connectivity index (χ0n) is 17.7. The molecule has 31 heavy (non-hydrogen) atoms. The summed E-state index contributed by atoms with van der Waals surface area (Å²) in [6.45, 7) is 3.72. The summed E-state index contributed by atoms with van der Waals surface area (Å²) >= 11 is 1.25. The van der Waals surface area contributed by atoms with Crippen molar-refractivity contribution in [2.24, 2.45) is 5.92 Å². The first-order chi connectivity index (χ1) is 14.9. The third-order valence-electron chi connectivity index (χ3n) is 4.56. The molecule has 1 unspecified atom stereocenters. The molecule has 1 heterocycles. The Morgan fingerprint density at radius 2 is 1.68 bits per heavy atom. The van der Waals surface area contributed by atoms with Crippen molar-refractivity contribution in [2.45, 2.75) is 19.9 Å². The molecule has 9 heteroatoms. The fourth-order valence-corrected chi connectivity index (χ4v) is 3.57. The van der Waals surface area contributed by atoms with Crippen molar-refractivity contribution in [1.29, 1.82) is 0 Å². The van der Waals surface area contributed by atoms with E-state index in [0.29, 0.717) is 27.2 Å². The number of nitrogens with zero attached hydrogens (tertiary/aromatic N) is 2. The number of amides is 2. The first kappa shape index (κ1) is 22.2. The quantitative estimate of drug-likeness (QED) is 0.555. The van der Waals surface area contributed by atoms with Crippen LogP contribution in [0.1, 0.15) is 24.2 Å². The maximum atomic E-state index is 12.8. The summed E-state index contributed by atoms with van der Waals surface area (Å²) < 4.78 is 10.3. The molecule has 0 aliphatic heterocycles. The van der Waals surface area contributed by atoms with Gasteiger partial charge in [0.05, 0.1) is 14.2 Å². The van der Waals surface area contributed by atoms with Crippen molar-refractivity contribution in [3.63, 3.8) is 0 Å². The van der Waals surface area contributed by atoms with Crippen LogP contribution in [0.5, 0.6) is 11.5 Å². The molecule has 0 aliphatic rings. The third-order valence-corrected chi connectivity index (χ3v) is 5.45. The maximum Gasteiger partial charge on any atom is 0.251 e. The van der Waals surface area contributed by atoms with Crippen LogP contribution in [0.4, 0.5) is 5.13 Å². The first-order valence-electron chi connectivity index (χ1n) is 9.65. The molecule has 1 aromatic heterocycles. The second-order valence-electron chi connectivity index (χ2n) is 7.06. The number of carbonyl (C=O) groups excluding carboxylic acids is 2. The van der Waals surface area contributed by atoms with Gasteiger partial charge in [0, 0.05) is 11.1 Å². The fraction of sp³-hybridized carbons (Fsp3) is 0.273. The lowest BCUT2D eigenvalue weighted by molar-refractivity contribution is -0.118. The van der Waals surface area contributed by atoms with Gasteiger partial charge >= 0.3 is 0 Å². The molecule has 162 valence electrons. The lowest BCUT2D eigenvalue weighted by atomic mass is 10.0. The van der Waals surface area contributed by atoms with Gasteiger partial charge in [-0.05, 0) is 42.3 Å². The van der Waals surface area contributed by atoms with Crippen molar-refractivity contribution in [1.82, 2.24) is 15.5 Å². The SMILES string of the molecule is COc1ccc(C(=O)NC(C(=O)Nc2nnc(-c3cccc(OC)c3)s2)C(C)C)cc1. The Hall–Kier alpha value is -3.46. The van der Waals surface area contributed by atoms with Gasteiger partial charge in [-0.2, -0.15) is 0 Å². The molecule has 3 rings (SSSR count). The fourth-order valence-electron chi connectivity index (χ4n) is 2.83. The second kappa shape index (κ2) is 10.0. The number of ether oxygens (including phenoxy) is 2. The van der Waals surface area contributed by atoms with Crippen molar-refractivity contribution >= 4 is 28.3 Å². The molecule has 0 saturated heterocycles. The minimum absolute atomic E-state index is 0.132. The van der Waals surface area contributed by atoms with Gasteiger partial charge in [0.15, 0.2) is 0 Å². The molecule has 2 amide bonds. The molecule has 8 nitrogen and oxygen atoms in total. The Morgan fingerprint density at radius 3 is 2.32 bits per heavy atom. The number of hydrogen-bond donors (Lipinski definition) is 2. The van der Waals surface area contributed by atoms with Crippen LogP contribution in [-0.4, -0.2) is 42.3 Å². The zero-order chi connectivity index (χ0) is 22.4. The number of nitrogens with one attached hydrogen (secondary N) is 2. The van der Waals surface area contributed by atoms with E-state index in [2.05, 4.69) is 20.8 Å². The lowest BCUT2D eigenvalue weighted by Gasteiger charge is -2.21. The van der Waals surface area contributed by atoms with E-state index in [9.17, 15) is 9.59 Å². The summed E-state index contributed by atoms with van der Waals surface area (Å²) in [6.07, 6.45) is 0. The number of aromatic nitrogens is 2. The Balaban J connectivity index is 1.69. The largest absolute Gasteiger partial charge is 0.497 e. The second-order valence-corrected chi connectivity index (χ2v) is 8.03. The van der Waals surface area contributed by atoms with E-state index in [1.54, 1.807) is 38.5 Å². The molecule has 2 aromatic carbocycles. The van der Waals surface area contributed by atoms with Crippen LogP contribution in [0.3, 0.4) is 0 Å². The van der Waals surface area contributed by atoms with Crippen molar-refractivity contribution in [3.05, 3.63) is 54.1 Å².